The maximum Gasteiger partial charge on any atom is 0.266 e. The van der Waals surface area contributed by atoms with Crippen molar-refractivity contribution in [3.63, 3.8) is 0 Å². The molecule has 0 aliphatic carbocycles. The van der Waals surface area contributed by atoms with Crippen molar-refractivity contribution in [1.29, 1.82) is 5.26 Å². The van der Waals surface area contributed by atoms with Crippen LogP contribution in [0, 0.1) is 11.3 Å². The minimum Gasteiger partial charge on any atom is -0.545 e. The molecule has 1 heterocycles. The number of rotatable bonds is 6. The van der Waals surface area contributed by atoms with E-state index in [1.54, 1.807) is 48.5 Å². The number of hydrogen-bond acceptors (Lipinski definition) is 6. The van der Waals surface area contributed by atoms with E-state index in [0.717, 1.165) is 0 Å². The quantitative estimate of drug-likeness (QED) is 0.514. The Hall–Kier alpha value is -4.31. The molecule has 7 heteroatoms. The van der Waals surface area contributed by atoms with Gasteiger partial charge >= 0.3 is 0 Å². The summed E-state index contributed by atoms with van der Waals surface area (Å²) in [6, 6.07) is 17.9. The van der Waals surface area contributed by atoms with E-state index in [1.165, 1.54) is 25.3 Å². The van der Waals surface area contributed by atoms with Gasteiger partial charge in [0.05, 0.1) is 18.8 Å². The topological polar surface area (TPSA) is 115 Å². The number of carboxylic acid groups (broad SMARTS) is 1. The first-order valence-electron chi connectivity index (χ1n) is 8.49. The number of carbonyl (C=O) groups excluding carboxylic acids is 2. The molecule has 7 nitrogen and oxygen atoms in total. The zero-order chi connectivity index (χ0) is 20.8. The summed E-state index contributed by atoms with van der Waals surface area (Å²) < 4.78 is 10.8. The summed E-state index contributed by atoms with van der Waals surface area (Å²) in [5.74, 6) is -0.634. The van der Waals surface area contributed by atoms with Gasteiger partial charge in [-0.25, -0.2) is 0 Å². The monoisotopic (exact) mass is 387 g/mol. The van der Waals surface area contributed by atoms with E-state index in [2.05, 4.69) is 5.32 Å². The highest BCUT2D eigenvalue weighted by molar-refractivity contribution is 6.10. The van der Waals surface area contributed by atoms with Gasteiger partial charge in [-0.2, -0.15) is 5.26 Å². The maximum absolute atomic E-state index is 12.4. The number of furan rings is 1. The summed E-state index contributed by atoms with van der Waals surface area (Å²) >= 11 is 0. The molecule has 1 amide bonds. The molecule has 0 saturated heterocycles. The number of aromatic carboxylic acids is 1. The van der Waals surface area contributed by atoms with Gasteiger partial charge in [-0.3, -0.25) is 4.79 Å². The Kier molecular flexibility index (Phi) is 5.76. The number of nitriles is 1. The molecule has 0 aliphatic rings. The van der Waals surface area contributed by atoms with E-state index >= 15 is 0 Å². The van der Waals surface area contributed by atoms with E-state index in [9.17, 15) is 20.0 Å². The van der Waals surface area contributed by atoms with Gasteiger partial charge < -0.3 is 24.4 Å². The minimum absolute atomic E-state index is 0.0557. The number of anilines is 1. The highest BCUT2D eigenvalue weighted by atomic mass is 16.5. The molecule has 3 aromatic rings. The lowest BCUT2D eigenvalue weighted by Crippen LogP contribution is -2.21. The van der Waals surface area contributed by atoms with Crippen molar-refractivity contribution < 1.29 is 23.8 Å². The third-order valence-electron chi connectivity index (χ3n) is 4.04. The molecule has 0 radical (unpaired) electrons. The van der Waals surface area contributed by atoms with E-state index in [4.69, 9.17) is 9.15 Å². The number of carbonyl (C=O) groups is 2. The second-order valence-electron chi connectivity index (χ2n) is 5.89. The SMILES string of the molecule is COc1ccccc1NC(=O)/C(C#N)=C/c1ccc(-c2ccc(C(=O)[O-])cc2)o1. The molecule has 2 aromatic carbocycles. The number of carboxylic acids is 1. The number of para-hydroxylation sites is 2. The van der Waals surface area contributed by atoms with Crippen LogP contribution in [-0.4, -0.2) is 19.0 Å². The summed E-state index contributed by atoms with van der Waals surface area (Å²) in [6.45, 7) is 0. The minimum atomic E-state index is -1.26. The van der Waals surface area contributed by atoms with Gasteiger partial charge in [0.25, 0.3) is 5.91 Å². The fourth-order valence-electron chi connectivity index (χ4n) is 2.58. The van der Waals surface area contributed by atoms with Crippen molar-refractivity contribution >= 4 is 23.6 Å². The molecule has 144 valence electrons. The van der Waals surface area contributed by atoms with E-state index in [0.29, 0.717) is 28.5 Å². The van der Waals surface area contributed by atoms with E-state index in [-0.39, 0.29) is 11.1 Å². The molecule has 0 bridgehead atoms. The van der Waals surface area contributed by atoms with Gasteiger partial charge in [-0.1, -0.05) is 36.4 Å². The Balaban J connectivity index is 1.80. The number of nitrogens with zero attached hydrogens (tertiary/aromatic N) is 1. The summed E-state index contributed by atoms with van der Waals surface area (Å²) in [4.78, 5) is 23.3. The van der Waals surface area contributed by atoms with E-state index < -0.39 is 11.9 Å². The summed E-state index contributed by atoms with van der Waals surface area (Å²) in [6.07, 6.45) is 1.32. The van der Waals surface area contributed by atoms with Crippen LogP contribution < -0.4 is 15.2 Å². The fourth-order valence-corrected chi connectivity index (χ4v) is 2.58. The lowest BCUT2D eigenvalue weighted by Gasteiger charge is -2.08. The standard InChI is InChI=1S/C22H16N2O5/c1-28-20-5-3-2-4-18(20)24-21(25)16(13-23)12-17-10-11-19(29-17)14-6-8-15(9-7-14)22(26)27/h2-12H,1H3,(H,24,25)(H,26,27)/p-1/b16-12+. The Bertz CT molecular complexity index is 1120. The van der Waals surface area contributed by atoms with Crippen LogP contribution in [0.4, 0.5) is 5.69 Å². The van der Waals surface area contributed by atoms with Gasteiger partial charge in [0.2, 0.25) is 0 Å². The molecular weight excluding hydrogens is 372 g/mol. The fraction of sp³-hybridized carbons (Fsp3) is 0.0455. The molecule has 0 fully saturated rings. The van der Waals surface area contributed by atoms with Gasteiger partial charge in [0, 0.05) is 11.6 Å². The average molecular weight is 387 g/mol. The lowest BCUT2D eigenvalue weighted by atomic mass is 10.1. The second-order valence-corrected chi connectivity index (χ2v) is 5.89. The molecule has 3 rings (SSSR count). The van der Waals surface area contributed by atoms with Crippen molar-refractivity contribution in [1.82, 2.24) is 0 Å². The van der Waals surface area contributed by atoms with Crippen LogP contribution in [0.2, 0.25) is 0 Å². The first-order chi connectivity index (χ1) is 14.0. The van der Waals surface area contributed by atoms with Crippen LogP contribution in [-0.2, 0) is 4.79 Å². The summed E-state index contributed by atoms with van der Waals surface area (Å²) in [5.41, 5.74) is 0.991. The van der Waals surface area contributed by atoms with Crippen molar-refractivity contribution in [2.75, 3.05) is 12.4 Å². The Morgan fingerprint density at radius 2 is 1.83 bits per heavy atom. The Morgan fingerprint density at radius 1 is 1.10 bits per heavy atom. The van der Waals surface area contributed by atoms with Crippen LogP contribution >= 0.6 is 0 Å². The first kappa shape index (κ1) is 19.5. The number of methoxy groups -OCH3 is 1. The molecule has 0 atom stereocenters. The number of hydrogen-bond donors (Lipinski definition) is 1. The average Bonchev–Trinajstić information content (AvgIpc) is 3.21. The van der Waals surface area contributed by atoms with Crippen molar-refractivity contribution in [2.24, 2.45) is 0 Å². The molecule has 1 aromatic heterocycles. The molecule has 29 heavy (non-hydrogen) atoms. The van der Waals surface area contributed by atoms with Crippen molar-refractivity contribution in [2.45, 2.75) is 0 Å². The zero-order valence-corrected chi connectivity index (χ0v) is 15.3. The molecule has 1 N–H and O–H groups in total. The Morgan fingerprint density at radius 3 is 2.48 bits per heavy atom. The van der Waals surface area contributed by atoms with Gasteiger partial charge in [-0.05, 0) is 29.8 Å². The lowest BCUT2D eigenvalue weighted by molar-refractivity contribution is -0.255. The number of amides is 1. The Labute approximate surface area is 166 Å². The van der Waals surface area contributed by atoms with Crippen LogP contribution in [0.25, 0.3) is 17.4 Å². The number of ether oxygens (including phenoxy) is 1. The third-order valence-corrected chi connectivity index (χ3v) is 4.04. The normalized spacial score (nSPS) is 10.8. The van der Waals surface area contributed by atoms with Crippen LogP contribution in [0.15, 0.2) is 70.7 Å². The largest absolute Gasteiger partial charge is 0.545 e. The first-order valence-corrected chi connectivity index (χ1v) is 8.49. The second kappa shape index (κ2) is 8.59. The maximum atomic E-state index is 12.4. The van der Waals surface area contributed by atoms with Crippen LogP contribution in [0.3, 0.4) is 0 Å². The summed E-state index contributed by atoms with van der Waals surface area (Å²) in [7, 11) is 1.48. The molecule has 0 spiro atoms. The van der Waals surface area contributed by atoms with Gasteiger partial charge in [0.1, 0.15) is 28.9 Å². The highest BCUT2D eigenvalue weighted by Gasteiger charge is 2.13. The van der Waals surface area contributed by atoms with Crippen molar-refractivity contribution in [3.8, 4) is 23.1 Å². The molecular formula is C22H15N2O5-. The van der Waals surface area contributed by atoms with Crippen molar-refractivity contribution in [3.05, 3.63) is 77.6 Å². The van der Waals surface area contributed by atoms with E-state index in [1.807, 2.05) is 6.07 Å². The number of benzene rings is 2. The number of nitrogens with one attached hydrogen (secondary N) is 1. The third kappa shape index (κ3) is 4.51. The van der Waals surface area contributed by atoms with Gasteiger partial charge in [-0.15, -0.1) is 0 Å². The predicted molar refractivity (Wildman–Crippen MR) is 104 cm³/mol. The van der Waals surface area contributed by atoms with Gasteiger partial charge in [0.15, 0.2) is 0 Å². The molecule has 0 aliphatic heterocycles. The predicted octanol–water partition coefficient (Wildman–Crippen LogP) is 2.86. The summed E-state index contributed by atoms with van der Waals surface area (Å²) in [5, 5.41) is 22.8. The molecule has 0 unspecified atom stereocenters. The zero-order valence-electron chi connectivity index (χ0n) is 15.3. The molecule has 0 saturated carbocycles. The highest BCUT2D eigenvalue weighted by Crippen LogP contribution is 2.25. The smallest absolute Gasteiger partial charge is 0.266 e. The van der Waals surface area contributed by atoms with Crippen LogP contribution in [0.1, 0.15) is 16.1 Å². The van der Waals surface area contributed by atoms with Crippen LogP contribution in [0.5, 0.6) is 5.75 Å².